The van der Waals surface area contributed by atoms with Gasteiger partial charge in [0.1, 0.15) is 0 Å². The lowest BCUT2D eigenvalue weighted by molar-refractivity contribution is 0.0839. The third-order valence-corrected chi connectivity index (χ3v) is 3.33. The predicted molar refractivity (Wildman–Crippen MR) is 47.6 cm³/mol. The zero-order valence-corrected chi connectivity index (χ0v) is 7.55. The molecule has 2 rings (SSSR count). The summed E-state index contributed by atoms with van der Waals surface area (Å²) in [5.74, 6) is 0.995. The third-order valence-electron chi connectivity index (χ3n) is 3.33. The summed E-state index contributed by atoms with van der Waals surface area (Å²) in [5.41, 5.74) is 0. The summed E-state index contributed by atoms with van der Waals surface area (Å²) in [7, 11) is 0. The molecular weight excluding hydrogens is 134 g/mol. The van der Waals surface area contributed by atoms with Crippen molar-refractivity contribution in [1.29, 1.82) is 0 Å². The molecule has 0 amide bonds. The Bertz CT molecular complexity index is 133. The van der Waals surface area contributed by atoms with Crippen LogP contribution in [0, 0.1) is 5.92 Å². The van der Waals surface area contributed by atoms with Crippen LogP contribution in [0.5, 0.6) is 0 Å². The molecule has 0 saturated carbocycles. The molecule has 64 valence electrons. The maximum absolute atomic E-state index is 2.71. The molecule has 2 aliphatic rings. The van der Waals surface area contributed by atoms with Crippen LogP contribution in [0.4, 0.5) is 0 Å². The number of hydrogen-bond acceptors (Lipinski definition) is 1. The molecule has 0 bridgehead atoms. The first-order valence-corrected chi connectivity index (χ1v) is 5.10. The smallest absolute Gasteiger partial charge is 0.00978 e. The standard InChI is InChI=1S/C10H19N/c1-9-5-7-11-6-3-2-4-10(11)8-9/h9-10H,2-8H2,1H3/t9-,10-/m1/s1. The Morgan fingerprint density at radius 1 is 1.09 bits per heavy atom. The van der Waals surface area contributed by atoms with Gasteiger partial charge < -0.3 is 4.90 Å². The molecule has 0 radical (unpaired) electrons. The van der Waals surface area contributed by atoms with Gasteiger partial charge in [0.15, 0.2) is 0 Å². The highest BCUT2D eigenvalue weighted by Gasteiger charge is 2.27. The van der Waals surface area contributed by atoms with Gasteiger partial charge in [-0.2, -0.15) is 0 Å². The normalized spacial score (nSPS) is 40.1. The van der Waals surface area contributed by atoms with E-state index in [1.807, 2.05) is 0 Å². The van der Waals surface area contributed by atoms with Crippen molar-refractivity contribution in [1.82, 2.24) is 4.90 Å². The van der Waals surface area contributed by atoms with E-state index < -0.39 is 0 Å². The average molecular weight is 153 g/mol. The fourth-order valence-electron chi connectivity index (χ4n) is 2.59. The van der Waals surface area contributed by atoms with Crippen molar-refractivity contribution >= 4 is 0 Å². The minimum atomic E-state index is 0.965. The molecule has 2 fully saturated rings. The van der Waals surface area contributed by atoms with Crippen molar-refractivity contribution < 1.29 is 0 Å². The van der Waals surface area contributed by atoms with E-state index in [9.17, 15) is 0 Å². The lowest BCUT2D eigenvalue weighted by Crippen LogP contribution is -2.44. The molecule has 0 N–H and O–H groups in total. The molecule has 0 aromatic carbocycles. The maximum atomic E-state index is 2.71. The first-order chi connectivity index (χ1) is 5.36. The van der Waals surface area contributed by atoms with E-state index in [2.05, 4.69) is 11.8 Å². The SMILES string of the molecule is C[C@@H]1CCN2CCCC[C@@H]2C1. The first kappa shape index (κ1) is 7.60. The lowest BCUT2D eigenvalue weighted by Gasteiger charge is -2.41. The Balaban J connectivity index is 1.93. The quantitative estimate of drug-likeness (QED) is 0.516. The van der Waals surface area contributed by atoms with Gasteiger partial charge in [-0.1, -0.05) is 13.3 Å². The Morgan fingerprint density at radius 2 is 2.00 bits per heavy atom. The molecule has 2 saturated heterocycles. The molecule has 0 unspecified atom stereocenters. The van der Waals surface area contributed by atoms with Crippen molar-refractivity contribution in [3.63, 3.8) is 0 Å². The Kier molecular flexibility index (Phi) is 2.17. The van der Waals surface area contributed by atoms with Gasteiger partial charge in [-0.05, 0) is 44.7 Å². The van der Waals surface area contributed by atoms with Crippen LogP contribution in [0.1, 0.15) is 39.0 Å². The van der Waals surface area contributed by atoms with Gasteiger partial charge in [0.2, 0.25) is 0 Å². The number of fused-ring (bicyclic) bond motifs is 1. The summed E-state index contributed by atoms with van der Waals surface area (Å²) in [6.07, 6.45) is 7.32. The highest BCUT2D eigenvalue weighted by Crippen LogP contribution is 2.28. The topological polar surface area (TPSA) is 3.24 Å². The fraction of sp³-hybridized carbons (Fsp3) is 1.00. The summed E-state index contributed by atoms with van der Waals surface area (Å²) in [5, 5.41) is 0. The van der Waals surface area contributed by atoms with Gasteiger partial charge in [0, 0.05) is 6.04 Å². The number of hydrogen-bond donors (Lipinski definition) is 0. The van der Waals surface area contributed by atoms with Crippen LogP contribution in [-0.2, 0) is 0 Å². The van der Waals surface area contributed by atoms with Gasteiger partial charge in [0.05, 0.1) is 0 Å². The molecule has 2 aliphatic heterocycles. The molecule has 0 aromatic heterocycles. The van der Waals surface area contributed by atoms with Crippen LogP contribution >= 0.6 is 0 Å². The van der Waals surface area contributed by atoms with Gasteiger partial charge in [-0.3, -0.25) is 0 Å². The second-order valence-corrected chi connectivity index (χ2v) is 4.32. The molecule has 0 spiro atoms. The summed E-state index contributed by atoms with van der Waals surface area (Å²) in [6, 6.07) is 0.965. The molecular formula is C10H19N. The number of rotatable bonds is 0. The molecule has 0 aliphatic carbocycles. The largest absolute Gasteiger partial charge is 0.300 e. The van der Waals surface area contributed by atoms with Crippen molar-refractivity contribution in [3.05, 3.63) is 0 Å². The molecule has 1 nitrogen and oxygen atoms in total. The molecule has 0 aromatic rings. The monoisotopic (exact) mass is 153 g/mol. The van der Waals surface area contributed by atoms with Crippen LogP contribution in [0.3, 0.4) is 0 Å². The van der Waals surface area contributed by atoms with Gasteiger partial charge in [0.25, 0.3) is 0 Å². The van der Waals surface area contributed by atoms with Crippen molar-refractivity contribution in [2.24, 2.45) is 5.92 Å². The van der Waals surface area contributed by atoms with Crippen molar-refractivity contribution in [2.75, 3.05) is 13.1 Å². The Labute approximate surface area is 69.8 Å². The summed E-state index contributed by atoms with van der Waals surface area (Å²) >= 11 is 0. The molecule has 11 heavy (non-hydrogen) atoms. The Hall–Kier alpha value is -0.0400. The average Bonchev–Trinajstić information content (AvgIpc) is 2.04. The highest BCUT2D eigenvalue weighted by atomic mass is 15.2. The van der Waals surface area contributed by atoms with Crippen LogP contribution in [0.2, 0.25) is 0 Å². The van der Waals surface area contributed by atoms with Gasteiger partial charge in [-0.15, -0.1) is 0 Å². The Morgan fingerprint density at radius 3 is 2.91 bits per heavy atom. The summed E-state index contributed by atoms with van der Waals surface area (Å²) in [6.45, 7) is 5.18. The molecule has 2 atom stereocenters. The van der Waals surface area contributed by atoms with E-state index in [1.54, 1.807) is 0 Å². The van der Waals surface area contributed by atoms with E-state index in [1.165, 1.54) is 45.2 Å². The number of piperidine rings is 2. The van der Waals surface area contributed by atoms with Crippen LogP contribution in [0.15, 0.2) is 0 Å². The minimum Gasteiger partial charge on any atom is -0.300 e. The zero-order valence-electron chi connectivity index (χ0n) is 7.55. The van der Waals surface area contributed by atoms with Gasteiger partial charge in [-0.25, -0.2) is 0 Å². The van der Waals surface area contributed by atoms with Crippen molar-refractivity contribution in [2.45, 2.75) is 45.1 Å². The number of nitrogens with zero attached hydrogens (tertiary/aromatic N) is 1. The summed E-state index contributed by atoms with van der Waals surface area (Å²) in [4.78, 5) is 2.71. The fourth-order valence-corrected chi connectivity index (χ4v) is 2.59. The predicted octanol–water partition coefficient (Wildman–Crippen LogP) is 2.27. The van der Waals surface area contributed by atoms with Crippen LogP contribution in [-0.4, -0.2) is 24.0 Å². The summed E-state index contributed by atoms with van der Waals surface area (Å²) < 4.78 is 0. The second-order valence-electron chi connectivity index (χ2n) is 4.32. The van der Waals surface area contributed by atoms with E-state index in [4.69, 9.17) is 0 Å². The van der Waals surface area contributed by atoms with E-state index >= 15 is 0 Å². The first-order valence-electron chi connectivity index (χ1n) is 5.10. The molecule has 2 heterocycles. The van der Waals surface area contributed by atoms with Gasteiger partial charge >= 0.3 is 0 Å². The van der Waals surface area contributed by atoms with Crippen molar-refractivity contribution in [3.8, 4) is 0 Å². The minimum absolute atomic E-state index is 0.965. The van der Waals surface area contributed by atoms with E-state index in [0.29, 0.717) is 0 Å². The second kappa shape index (κ2) is 3.14. The molecule has 1 heteroatoms. The van der Waals surface area contributed by atoms with Crippen LogP contribution in [0.25, 0.3) is 0 Å². The van der Waals surface area contributed by atoms with E-state index in [0.717, 1.165) is 12.0 Å². The lowest BCUT2D eigenvalue weighted by atomic mass is 9.87. The third kappa shape index (κ3) is 1.58. The van der Waals surface area contributed by atoms with E-state index in [-0.39, 0.29) is 0 Å². The maximum Gasteiger partial charge on any atom is 0.00978 e. The van der Waals surface area contributed by atoms with Crippen LogP contribution < -0.4 is 0 Å². The zero-order chi connectivity index (χ0) is 7.68. The highest BCUT2D eigenvalue weighted by molar-refractivity contribution is 4.82.